The van der Waals surface area contributed by atoms with Crippen molar-refractivity contribution in [1.29, 1.82) is 0 Å². The van der Waals surface area contributed by atoms with Gasteiger partial charge in [0.05, 0.1) is 31.9 Å². The van der Waals surface area contributed by atoms with Crippen molar-refractivity contribution in [3.05, 3.63) is 59.9 Å². The number of fused-ring (bicyclic) bond motifs is 1. The summed E-state index contributed by atoms with van der Waals surface area (Å²) in [6.07, 6.45) is 8.87. The fourth-order valence-electron chi connectivity index (χ4n) is 3.08. The summed E-state index contributed by atoms with van der Waals surface area (Å²) in [5.74, 6) is 4.15. The van der Waals surface area contributed by atoms with E-state index in [0.717, 1.165) is 21.8 Å². The highest BCUT2D eigenvalue weighted by molar-refractivity contribution is 8.00. The number of hydrogen-bond acceptors (Lipinski definition) is 8. The van der Waals surface area contributed by atoms with E-state index >= 15 is 0 Å². The number of terminal acetylenes is 1. The average molecular weight is 480 g/mol. The Hall–Kier alpha value is -4.17. The first kappa shape index (κ1) is 24.5. The molecule has 3 aromatic heterocycles. The molecule has 0 spiro atoms. The Kier molecular flexibility index (Phi) is 8.76. The largest absolute Gasteiger partial charge is 0.496 e. The summed E-state index contributed by atoms with van der Waals surface area (Å²) in [6.45, 7) is 2.62. The molecule has 1 aromatic carbocycles. The van der Waals surface area contributed by atoms with E-state index in [1.165, 1.54) is 11.9 Å². The fraction of sp³-hybridized carbons (Fsp3) is 0.217. The topological polar surface area (TPSA) is 108 Å². The number of carbonyl (C=O) groups excluding carboxylic acids is 1. The molecular formula is C23H25N7O3S. The molecule has 0 atom stereocenters. The molecule has 0 aliphatic rings. The maximum Gasteiger partial charge on any atom is 0.242 e. The number of nitrogens with one attached hydrogen (secondary N) is 2. The predicted octanol–water partition coefficient (Wildman–Crippen LogP) is 3.00. The first-order chi connectivity index (χ1) is 16.6. The monoisotopic (exact) mass is 479 g/mol. The number of ether oxygens (including phenoxy) is 2. The number of anilines is 1. The molecule has 176 valence electrons. The summed E-state index contributed by atoms with van der Waals surface area (Å²) in [4.78, 5) is 11.4. The molecule has 1 amide bonds. The van der Waals surface area contributed by atoms with Gasteiger partial charge in [-0.05, 0) is 42.6 Å². The number of aromatic nitrogens is 5. The van der Waals surface area contributed by atoms with Gasteiger partial charge in [0.15, 0.2) is 5.65 Å². The molecule has 0 saturated carbocycles. The lowest BCUT2D eigenvalue weighted by Crippen LogP contribution is -2.09. The standard InChI is InChI=1S/C20H21N7O3S.C3H4/c1-29-16-5-3-4-6-17(16)31-25-20-24-23-18-7-14(8-19(30-2)27(18)20)11-26-12-15(10-22-26)9-21-13-28;1-3-2/h3-8,10,12-13H,9,11H2,1-2H3,(H,21,28)(H,24,25);1H,2H3. The Balaban J connectivity index is 0.00000103. The molecule has 0 saturated heterocycles. The summed E-state index contributed by atoms with van der Waals surface area (Å²) < 4.78 is 17.8. The summed E-state index contributed by atoms with van der Waals surface area (Å²) in [5.41, 5.74) is 2.52. The Labute approximate surface area is 201 Å². The first-order valence-corrected chi connectivity index (χ1v) is 11.0. The third-order valence-electron chi connectivity index (χ3n) is 4.48. The smallest absolute Gasteiger partial charge is 0.242 e. The molecule has 0 fully saturated rings. The van der Waals surface area contributed by atoms with E-state index in [0.29, 0.717) is 37.0 Å². The number of para-hydroxylation sites is 1. The second-order valence-electron chi connectivity index (χ2n) is 6.81. The Morgan fingerprint density at radius 3 is 2.71 bits per heavy atom. The number of nitrogens with zero attached hydrogens (tertiary/aromatic N) is 5. The SMILES string of the molecule is C#CC.COc1ccccc1SNc1nnc2cc(Cn3cc(CNC=O)cn3)cc(OC)n12. The van der Waals surface area contributed by atoms with E-state index < -0.39 is 0 Å². The van der Waals surface area contributed by atoms with Crippen molar-refractivity contribution in [2.45, 2.75) is 24.9 Å². The molecular weight excluding hydrogens is 454 g/mol. The van der Waals surface area contributed by atoms with E-state index in [2.05, 4.69) is 37.7 Å². The van der Waals surface area contributed by atoms with Gasteiger partial charge in [-0.3, -0.25) is 14.2 Å². The van der Waals surface area contributed by atoms with Crippen molar-refractivity contribution in [2.24, 2.45) is 0 Å². The molecule has 2 N–H and O–H groups in total. The first-order valence-electron chi connectivity index (χ1n) is 10.2. The van der Waals surface area contributed by atoms with E-state index in [1.54, 1.807) is 36.4 Å². The van der Waals surface area contributed by atoms with E-state index in [4.69, 9.17) is 9.47 Å². The number of rotatable bonds is 10. The van der Waals surface area contributed by atoms with Crippen molar-refractivity contribution in [3.8, 4) is 24.0 Å². The van der Waals surface area contributed by atoms with Crippen LogP contribution in [0.1, 0.15) is 18.1 Å². The van der Waals surface area contributed by atoms with Crippen molar-refractivity contribution in [3.63, 3.8) is 0 Å². The fourth-order valence-corrected chi connectivity index (χ4v) is 3.81. The van der Waals surface area contributed by atoms with Crippen LogP contribution in [0.2, 0.25) is 0 Å². The van der Waals surface area contributed by atoms with Gasteiger partial charge in [0.1, 0.15) is 5.75 Å². The predicted molar refractivity (Wildman–Crippen MR) is 131 cm³/mol. The minimum atomic E-state index is 0.439. The van der Waals surface area contributed by atoms with Gasteiger partial charge in [-0.2, -0.15) is 5.10 Å². The van der Waals surface area contributed by atoms with Crippen LogP contribution in [-0.4, -0.2) is 45.0 Å². The molecule has 0 radical (unpaired) electrons. The molecule has 11 heteroatoms. The number of hydrogen-bond donors (Lipinski definition) is 2. The molecule has 10 nitrogen and oxygen atoms in total. The van der Waals surface area contributed by atoms with Crippen LogP contribution in [0.25, 0.3) is 5.65 Å². The minimum Gasteiger partial charge on any atom is -0.496 e. The van der Waals surface area contributed by atoms with Crippen LogP contribution in [0.15, 0.2) is 53.7 Å². The van der Waals surface area contributed by atoms with Crippen molar-refractivity contribution >= 4 is 30.0 Å². The summed E-state index contributed by atoms with van der Waals surface area (Å²) in [6, 6.07) is 11.6. The number of benzene rings is 1. The molecule has 34 heavy (non-hydrogen) atoms. The van der Waals surface area contributed by atoms with E-state index in [9.17, 15) is 4.79 Å². The van der Waals surface area contributed by atoms with Gasteiger partial charge in [-0.15, -0.1) is 22.5 Å². The minimum absolute atomic E-state index is 0.439. The van der Waals surface area contributed by atoms with Crippen LogP contribution in [0.5, 0.6) is 11.6 Å². The van der Waals surface area contributed by atoms with E-state index in [-0.39, 0.29) is 0 Å². The number of amides is 1. The Morgan fingerprint density at radius 2 is 1.97 bits per heavy atom. The van der Waals surface area contributed by atoms with Crippen LogP contribution in [0.4, 0.5) is 5.95 Å². The number of carbonyl (C=O) groups is 1. The van der Waals surface area contributed by atoms with Crippen LogP contribution in [0.3, 0.4) is 0 Å². The van der Waals surface area contributed by atoms with Gasteiger partial charge in [0, 0.05) is 24.4 Å². The molecule has 0 aliphatic heterocycles. The second-order valence-corrected chi connectivity index (χ2v) is 7.66. The number of methoxy groups -OCH3 is 2. The highest BCUT2D eigenvalue weighted by Crippen LogP contribution is 2.30. The lowest BCUT2D eigenvalue weighted by molar-refractivity contribution is -0.109. The molecule has 3 heterocycles. The van der Waals surface area contributed by atoms with Gasteiger partial charge in [-0.1, -0.05) is 12.1 Å². The lowest BCUT2D eigenvalue weighted by atomic mass is 10.2. The average Bonchev–Trinajstić information content (AvgIpc) is 3.48. The third kappa shape index (κ3) is 5.99. The highest BCUT2D eigenvalue weighted by Gasteiger charge is 2.14. The highest BCUT2D eigenvalue weighted by atomic mass is 32.2. The maximum atomic E-state index is 10.5. The van der Waals surface area contributed by atoms with Crippen LogP contribution >= 0.6 is 11.9 Å². The zero-order valence-electron chi connectivity index (χ0n) is 19.1. The van der Waals surface area contributed by atoms with Crippen LogP contribution in [0, 0.1) is 12.3 Å². The maximum absolute atomic E-state index is 10.5. The van der Waals surface area contributed by atoms with Gasteiger partial charge in [-0.25, -0.2) is 4.40 Å². The zero-order valence-corrected chi connectivity index (χ0v) is 19.9. The molecule has 0 aliphatic carbocycles. The van der Waals surface area contributed by atoms with Gasteiger partial charge in [0.25, 0.3) is 0 Å². The van der Waals surface area contributed by atoms with Crippen LogP contribution < -0.4 is 19.5 Å². The van der Waals surface area contributed by atoms with Crippen molar-refractivity contribution in [1.82, 2.24) is 29.7 Å². The Bertz CT molecular complexity index is 1280. The molecule has 0 bridgehead atoms. The van der Waals surface area contributed by atoms with Crippen LogP contribution in [-0.2, 0) is 17.9 Å². The normalized spacial score (nSPS) is 10.1. The summed E-state index contributed by atoms with van der Waals surface area (Å²) in [7, 11) is 3.24. The Morgan fingerprint density at radius 1 is 1.18 bits per heavy atom. The van der Waals surface area contributed by atoms with Gasteiger partial charge in [0.2, 0.25) is 18.2 Å². The zero-order chi connectivity index (χ0) is 24.3. The lowest BCUT2D eigenvalue weighted by Gasteiger charge is -2.11. The van der Waals surface area contributed by atoms with Gasteiger partial charge >= 0.3 is 0 Å². The molecule has 4 rings (SSSR count). The third-order valence-corrected chi connectivity index (χ3v) is 5.32. The van der Waals surface area contributed by atoms with Crippen molar-refractivity contribution < 1.29 is 14.3 Å². The summed E-state index contributed by atoms with van der Waals surface area (Å²) in [5, 5.41) is 15.5. The molecule has 0 unspecified atom stereocenters. The number of pyridine rings is 1. The second kappa shape index (κ2) is 12.2. The quantitative estimate of drug-likeness (QED) is 0.203. The summed E-state index contributed by atoms with van der Waals surface area (Å²) >= 11 is 1.38. The molecule has 4 aromatic rings. The van der Waals surface area contributed by atoms with Gasteiger partial charge < -0.3 is 14.8 Å². The van der Waals surface area contributed by atoms with Crippen molar-refractivity contribution in [2.75, 3.05) is 18.9 Å². The van der Waals surface area contributed by atoms with E-state index in [1.807, 2.05) is 42.6 Å².